The van der Waals surface area contributed by atoms with E-state index in [9.17, 15) is 18.4 Å². The summed E-state index contributed by atoms with van der Waals surface area (Å²) in [5, 5.41) is 11.8. The highest BCUT2D eigenvalue weighted by Crippen LogP contribution is 2.49. The highest BCUT2D eigenvalue weighted by molar-refractivity contribution is 7.99. The molecule has 7 heteroatoms. The van der Waals surface area contributed by atoms with Crippen LogP contribution < -0.4 is 4.90 Å². The molecule has 0 aromatic heterocycles. The summed E-state index contributed by atoms with van der Waals surface area (Å²) >= 11 is 1.47. The fraction of sp³-hybridized carbons (Fsp3) is 0.333. The Hall–Kier alpha value is -1.70. The van der Waals surface area contributed by atoms with Crippen molar-refractivity contribution >= 4 is 23.1 Å². The van der Waals surface area contributed by atoms with Gasteiger partial charge in [-0.25, -0.2) is 0 Å². The largest absolute Gasteiger partial charge is 0.633 e. The van der Waals surface area contributed by atoms with Gasteiger partial charge in [-0.2, -0.15) is 13.2 Å². The number of nitrogens with zero attached hydrogens (tertiary/aromatic N) is 2. The van der Waals surface area contributed by atoms with Gasteiger partial charge in [0, 0.05) is 22.8 Å². The maximum atomic E-state index is 13.1. The average molecular weight is 368 g/mol. The molecule has 25 heavy (non-hydrogen) atoms. The van der Waals surface area contributed by atoms with Crippen molar-refractivity contribution in [1.29, 1.82) is 0 Å². The number of fused-ring (bicyclic) bond motifs is 2. The number of anilines is 2. The van der Waals surface area contributed by atoms with Crippen LogP contribution in [0.4, 0.5) is 24.5 Å². The van der Waals surface area contributed by atoms with Crippen molar-refractivity contribution in [3.8, 4) is 0 Å². The van der Waals surface area contributed by atoms with Crippen LogP contribution in [-0.4, -0.2) is 31.8 Å². The molecule has 1 aliphatic rings. The van der Waals surface area contributed by atoms with E-state index in [1.54, 1.807) is 14.1 Å². The average Bonchev–Trinajstić information content (AvgIpc) is 2.51. The van der Waals surface area contributed by atoms with E-state index in [0.717, 1.165) is 21.5 Å². The van der Waals surface area contributed by atoms with Crippen molar-refractivity contribution in [1.82, 2.24) is 0 Å². The third kappa shape index (κ3) is 4.11. The van der Waals surface area contributed by atoms with Gasteiger partial charge >= 0.3 is 6.18 Å². The van der Waals surface area contributed by atoms with E-state index in [0.29, 0.717) is 25.2 Å². The van der Waals surface area contributed by atoms with Crippen LogP contribution in [0.15, 0.2) is 52.3 Å². The molecule has 1 heterocycles. The lowest BCUT2D eigenvalue weighted by molar-refractivity contribution is -0.840. The topological polar surface area (TPSA) is 26.3 Å². The second-order valence-corrected chi connectivity index (χ2v) is 7.64. The minimum absolute atomic E-state index is 0.403. The molecule has 0 atom stereocenters. The zero-order chi connectivity index (χ0) is 18.2. The molecule has 134 valence electrons. The quantitative estimate of drug-likeness (QED) is 0.543. The summed E-state index contributed by atoms with van der Waals surface area (Å²) < 4.78 is 38.9. The molecule has 2 aromatic rings. The molecule has 0 unspecified atom stereocenters. The van der Waals surface area contributed by atoms with E-state index in [1.165, 1.54) is 23.9 Å². The van der Waals surface area contributed by atoms with Gasteiger partial charge in [0.05, 0.1) is 37.6 Å². The summed E-state index contributed by atoms with van der Waals surface area (Å²) in [5.74, 6) is 0. The molecule has 2 aromatic carbocycles. The number of hydrogen-bond donors (Lipinski definition) is 0. The minimum atomic E-state index is -4.38. The summed E-state index contributed by atoms with van der Waals surface area (Å²) in [4.78, 5) is 3.69. The first kappa shape index (κ1) is 18.1. The van der Waals surface area contributed by atoms with Crippen LogP contribution in [0.5, 0.6) is 0 Å². The van der Waals surface area contributed by atoms with Crippen molar-refractivity contribution in [2.24, 2.45) is 0 Å². The van der Waals surface area contributed by atoms with Crippen molar-refractivity contribution in [3.63, 3.8) is 0 Å². The van der Waals surface area contributed by atoms with Gasteiger partial charge in [0.2, 0.25) is 0 Å². The zero-order valence-corrected chi connectivity index (χ0v) is 14.8. The van der Waals surface area contributed by atoms with Gasteiger partial charge in [0.1, 0.15) is 0 Å². The van der Waals surface area contributed by atoms with Gasteiger partial charge in [0.15, 0.2) is 0 Å². The standard InChI is InChI=1S/C18H19F3N2OS/c1-23(2,24)11-5-10-22-14-6-3-4-7-16(14)25-17-9-8-13(12-15(17)22)18(19,20)21/h3-4,6-9,12H,5,10-11H2,1-2H3. The normalized spacial score (nSPS) is 14.2. The predicted octanol–water partition coefficient (Wildman–Crippen LogP) is 5.27. The van der Waals surface area contributed by atoms with Gasteiger partial charge in [-0.05, 0) is 30.3 Å². The van der Waals surface area contributed by atoms with E-state index in [2.05, 4.69) is 0 Å². The summed E-state index contributed by atoms with van der Waals surface area (Å²) in [6, 6.07) is 11.5. The Bertz CT molecular complexity index is 772. The van der Waals surface area contributed by atoms with Crippen LogP contribution in [0, 0.1) is 5.21 Å². The second-order valence-electron chi connectivity index (χ2n) is 6.55. The van der Waals surface area contributed by atoms with Crippen LogP contribution in [0.1, 0.15) is 12.0 Å². The Balaban J connectivity index is 1.97. The van der Waals surface area contributed by atoms with Crippen molar-refractivity contribution in [3.05, 3.63) is 53.2 Å². The van der Waals surface area contributed by atoms with Crippen molar-refractivity contribution < 1.29 is 17.8 Å². The van der Waals surface area contributed by atoms with Crippen molar-refractivity contribution in [2.45, 2.75) is 22.4 Å². The molecule has 0 fully saturated rings. The number of benzene rings is 2. The zero-order valence-electron chi connectivity index (χ0n) is 14.0. The smallest absolute Gasteiger partial charge is 0.416 e. The summed E-state index contributed by atoms with van der Waals surface area (Å²) in [5.41, 5.74) is 0.779. The summed E-state index contributed by atoms with van der Waals surface area (Å²) in [6.45, 7) is 0.899. The Morgan fingerprint density at radius 2 is 1.72 bits per heavy atom. The van der Waals surface area contributed by atoms with Gasteiger partial charge in [-0.3, -0.25) is 0 Å². The molecule has 0 aliphatic carbocycles. The lowest BCUT2D eigenvalue weighted by Gasteiger charge is -2.36. The van der Waals surface area contributed by atoms with Gasteiger partial charge in [-0.15, -0.1) is 0 Å². The molecule has 0 N–H and O–H groups in total. The second kappa shape index (κ2) is 6.55. The number of alkyl halides is 3. The van der Waals surface area contributed by atoms with Gasteiger partial charge in [0.25, 0.3) is 0 Å². The number of para-hydroxylation sites is 1. The molecule has 0 bridgehead atoms. The monoisotopic (exact) mass is 368 g/mol. The van der Waals surface area contributed by atoms with Crippen LogP contribution >= 0.6 is 11.8 Å². The Kier molecular flexibility index (Phi) is 4.74. The minimum Gasteiger partial charge on any atom is -0.633 e. The van der Waals surface area contributed by atoms with E-state index >= 15 is 0 Å². The summed E-state index contributed by atoms with van der Waals surface area (Å²) in [7, 11) is 3.13. The number of quaternary nitrogens is 1. The molecule has 0 spiro atoms. The highest BCUT2D eigenvalue weighted by atomic mass is 32.2. The first-order valence-electron chi connectivity index (χ1n) is 7.95. The number of hydroxylamine groups is 3. The predicted molar refractivity (Wildman–Crippen MR) is 94.0 cm³/mol. The molecule has 3 rings (SSSR count). The highest BCUT2D eigenvalue weighted by Gasteiger charge is 2.33. The number of hydrogen-bond acceptors (Lipinski definition) is 3. The number of rotatable bonds is 4. The molecule has 0 radical (unpaired) electrons. The first-order valence-corrected chi connectivity index (χ1v) is 8.76. The molecule has 1 aliphatic heterocycles. The first-order chi connectivity index (χ1) is 11.6. The number of halogens is 3. The molecule has 0 amide bonds. The van der Waals surface area contributed by atoms with Crippen LogP contribution in [0.25, 0.3) is 0 Å². The maximum Gasteiger partial charge on any atom is 0.416 e. The Morgan fingerprint density at radius 1 is 1.04 bits per heavy atom. The third-order valence-electron chi connectivity index (χ3n) is 4.03. The molecular weight excluding hydrogens is 349 g/mol. The fourth-order valence-electron chi connectivity index (χ4n) is 2.86. The van der Waals surface area contributed by atoms with E-state index in [-0.39, 0.29) is 0 Å². The van der Waals surface area contributed by atoms with Crippen molar-refractivity contribution in [2.75, 3.05) is 32.1 Å². The van der Waals surface area contributed by atoms with E-state index in [4.69, 9.17) is 0 Å². The Morgan fingerprint density at radius 3 is 2.40 bits per heavy atom. The molecular formula is C18H19F3N2OS. The lowest BCUT2D eigenvalue weighted by Crippen LogP contribution is -2.35. The van der Waals surface area contributed by atoms with Gasteiger partial charge < -0.3 is 14.8 Å². The molecule has 0 saturated carbocycles. The summed E-state index contributed by atoms with van der Waals surface area (Å²) in [6.07, 6.45) is -3.79. The molecule has 0 saturated heterocycles. The van der Waals surface area contributed by atoms with Gasteiger partial charge in [-0.1, -0.05) is 23.9 Å². The fourth-order valence-corrected chi connectivity index (χ4v) is 3.93. The molecule has 3 nitrogen and oxygen atoms in total. The maximum absolute atomic E-state index is 13.1. The van der Waals surface area contributed by atoms with Crippen LogP contribution in [-0.2, 0) is 6.18 Å². The SMILES string of the molecule is C[N+](C)([O-])CCCN1c2ccccc2Sc2ccc(C(F)(F)F)cc21. The Labute approximate surface area is 149 Å². The lowest BCUT2D eigenvalue weighted by atomic mass is 10.1. The van der Waals surface area contributed by atoms with E-state index in [1.807, 2.05) is 29.2 Å². The van der Waals surface area contributed by atoms with Crippen LogP contribution in [0.3, 0.4) is 0 Å². The van der Waals surface area contributed by atoms with Crippen LogP contribution in [0.2, 0.25) is 0 Å². The third-order valence-corrected chi connectivity index (χ3v) is 5.16. The van der Waals surface area contributed by atoms with E-state index < -0.39 is 16.4 Å².